The van der Waals surface area contributed by atoms with E-state index in [2.05, 4.69) is 52.9 Å². The maximum Gasteiger partial charge on any atom is 0.191 e. The minimum atomic E-state index is -1.68. The SMILES string of the molecule is Cc1ccc(C(C)O)c(CCO[Si](C)(C)C(C)(C)C)c1. The highest BCUT2D eigenvalue weighted by Crippen LogP contribution is 2.36. The highest BCUT2D eigenvalue weighted by atomic mass is 28.4. The molecule has 3 heteroatoms. The number of hydrogen-bond acceptors (Lipinski definition) is 2. The van der Waals surface area contributed by atoms with Gasteiger partial charge < -0.3 is 9.53 Å². The molecule has 0 aliphatic heterocycles. The van der Waals surface area contributed by atoms with Gasteiger partial charge in [0.2, 0.25) is 0 Å². The molecule has 0 saturated heterocycles. The summed E-state index contributed by atoms with van der Waals surface area (Å²) in [6.45, 7) is 16.0. The highest BCUT2D eigenvalue weighted by molar-refractivity contribution is 6.74. The lowest BCUT2D eigenvalue weighted by Gasteiger charge is -2.36. The molecule has 2 nitrogen and oxygen atoms in total. The van der Waals surface area contributed by atoms with Gasteiger partial charge in [0.1, 0.15) is 0 Å². The number of aliphatic hydroxyl groups excluding tert-OH is 1. The van der Waals surface area contributed by atoms with Crippen molar-refractivity contribution >= 4 is 8.32 Å². The van der Waals surface area contributed by atoms with Crippen LogP contribution in [0.3, 0.4) is 0 Å². The molecule has 0 spiro atoms. The first-order chi connectivity index (χ1) is 9.04. The molecule has 0 fully saturated rings. The van der Waals surface area contributed by atoms with Gasteiger partial charge in [0.05, 0.1) is 6.10 Å². The molecule has 0 radical (unpaired) electrons. The van der Waals surface area contributed by atoms with Gasteiger partial charge in [0.15, 0.2) is 8.32 Å². The van der Waals surface area contributed by atoms with Gasteiger partial charge in [-0.15, -0.1) is 0 Å². The second kappa shape index (κ2) is 6.42. The van der Waals surface area contributed by atoms with Gasteiger partial charge >= 0.3 is 0 Å². The molecule has 1 aromatic rings. The van der Waals surface area contributed by atoms with Crippen molar-refractivity contribution in [3.8, 4) is 0 Å². The fraction of sp³-hybridized carbons (Fsp3) is 0.647. The molecular weight excluding hydrogens is 264 g/mol. The van der Waals surface area contributed by atoms with E-state index in [1.54, 1.807) is 0 Å². The average molecular weight is 295 g/mol. The van der Waals surface area contributed by atoms with E-state index in [-0.39, 0.29) is 5.04 Å². The number of hydrogen-bond donors (Lipinski definition) is 1. The van der Waals surface area contributed by atoms with Crippen LogP contribution in [0.15, 0.2) is 18.2 Å². The van der Waals surface area contributed by atoms with Crippen LogP contribution in [0.25, 0.3) is 0 Å². The Morgan fingerprint density at radius 3 is 2.35 bits per heavy atom. The molecule has 20 heavy (non-hydrogen) atoms. The summed E-state index contributed by atoms with van der Waals surface area (Å²) >= 11 is 0. The van der Waals surface area contributed by atoms with E-state index in [9.17, 15) is 5.11 Å². The maximum absolute atomic E-state index is 9.85. The topological polar surface area (TPSA) is 29.5 Å². The van der Waals surface area contributed by atoms with Gasteiger partial charge in [-0.05, 0) is 49.5 Å². The number of rotatable bonds is 5. The van der Waals surface area contributed by atoms with Crippen LogP contribution in [-0.4, -0.2) is 20.0 Å². The van der Waals surface area contributed by atoms with Crippen molar-refractivity contribution in [2.24, 2.45) is 0 Å². The van der Waals surface area contributed by atoms with E-state index in [1.165, 1.54) is 11.1 Å². The standard InChI is InChI=1S/C17H30O2Si/c1-13-8-9-16(14(2)18)15(12-13)10-11-19-20(6,7)17(3,4)5/h8-9,12,14,18H,10-11H2,1-7H3. The molecule has 0 bridgehead atoms. The molecule has 0 saturated carbocycles. The monoisotopic (exact) mass is 294 g/mol. The Labute approximate surface area is 125 Å². The summed E-state index contributed by atoms with van der Waals surface area (Å²) in [5.74, 6) is 0. The summed E-state index contributed by atoms with van der Waals surface area (Å²) < 4.78 is 6.23. The molecule has 114 valence electrons. The molecule has 0 amide bonds. The van der Waals surface area contributed by atoms with Crippen molar-refractivity contribution < 1.29 is 9.53 Å². The molecule has 1 N–H and O–H groups in total. The Morgan fingerprint density at radius 1 is 1.25 bits per heavy atom. The molecule has 1 rings (SSSR count). The average Bonchev–Trinajstić information content (AvgIpc) is 2.26. The Balaban J connectivity index is 2.74. The van der Waals surface area contributed by atoms with E-state index in [0.29, 0.717) is 0 Å². The molecular formula is C17H30O2Si. The van der Waals surface area contributed by atoms with Crippen LogP contribution >= 0.6 is 0 Å². The van der Waals surface area contributed by atoms with Crippen molar-refractivity contribution in [1.82, 2.24) is 0 Å². The van der Waals surface area contributed by atoms with Gasteiger partial charge in [0.25, 0.3) is 0 Å². The van der Waals surface area contributed by atoms with Crippen molar-refractivity contribution in [2.45, 2.75) is 65.3 Å². The van der Waals surface area contributed by atoms with Crippen molar-refractivity contribution in [3.63, 3.8) is 0 Å². The lowest BCUT2D eigenvalue weighted by Crippen LogP contribution is -2.41. The summed E-state index contributed by atoms with van der Waals surface area (Å²) in [5, 5.41) is 10.1. The molecule has 0 aliphatic rings. The summed E-state index contributed by atoms with van der Waals surface area (Å²) in [6.07, 6.45) is 0.451. The second-order valence-electron chi connectivity index (χ2n) is 7.24. The van der Waals surface area contributed by atoms with Crippen molar-refractivity contribution in [3.05, 3.63) is 34.9 Å². The fourth-order valence-electron chi connectivity index (χ4n) is 1.99. The van der Waals surface area contributed by atoms with Gasteiger partial charge in [-0.3, -0.25) is 0 Å². The van der Waals surface area contributed by atoms with Crippen LogP contribution < -0.4 is 0 Å². The Hall–Kier alpha value is -0.643. The number of aliphatic hydroxyl groups is 1. The Kier molecular flexibility index (Phi) is 5.59. The quantitative estimate of drug-likeness (QED) is 0.803. The third-order valence-electron chi connectivity index (χ3n) is 4.39. The molecule has 0 aliphatic carbocycles. The Morgan fingerprint density at radius 2 is 1.85 bits per heavy atom. The third-order valence-corrected chi connectivity index (χ3v) is 8.93. The molecule has 0 aromatic heterocycles. The lowest BCUT2D eigenvalue weighted by atomic mass is 9.99. The van der Waals surface area contributed by atoms with Crippen LogP contribution in [0.1, 0.15) is 50.5 Å². The zero-order chi connectivity index (χ0) is 15.6. The normalized spacial score (nSPS) is 14.4. The highest BCUT2D eigenvalue weighted by Gasteiger charge is 2.36. The minimum Gasteiger partial charge on any atom is -0.416 e. The number of aryl methyl sites for hydroxylation is 1. The lowest BCUT2D eigenvalue weighted by molar-refractivity contribution is 0.197. The van der Waals surface area contributed by atoms with Gasteiger partial charge in [0, 0.05) is 6.61 Å². The fourth-order valence-corrected chi connectivity index (χ4v) is 3.04. The maximum atomic E-state index is 9.85. The largest absolute Gasteiger partial charge is 0.416 e. The zero-order valence-electron chi connectivity index (χ0n) is 14.1. The van der Waals surface area contributed by atoms with E-state index in [0.717, 1.165) is 18.6 Å². The first-order valence-corrected chi connectivity index (χ1v) is 10.4. The summed E-state index contributed by atoms with van der Waals surface area (Å²) in [6, 6.07) is 6.25. The summed E-state index contributed by atoms with van der Waals surface area (Å²) in [5.41, 5.74) is 3.46. The van der Waals surface area contributed by atoms with Crippen LogP contribution in [0.2, 0.25) is 18.1 Å². The molecule has 1 atom stereocenters. The predicted octanol–water partition coefficient (Wildman–Crippen LogP) is 4.61. The second-order valence-corrected chi connectivity index (χ2v) is 12.0. The first-order valence-electron chi connectivity index (χ1n) is 7.46. The van der Waals surface area contributed by atoms with Gasteiger partial charge in [-0.25, -0.2) is 0 Å². The van der Waals surface area contributed by atoms with E-state index in [4.69, 9.17) is 4.43 Å². The third kappa shape index (κ3) is 4.44. The predicted molar refractivity (Wildman–Crippen MR) is 88.7 cm³/mol. The molecule has 0 heterocycles. The first kappa shape index (κ1) is 17.4. The van der Waals surface area contributed by atoms with Crippen LogP contribution in [0.4, 0.5) is 0 Å². The van der Waals surface area contributed by atoms with E-state index < -0.39 is 14.4 Å². The van der Waals surface area contributed by atoms with Gasteiger partial charge in [-0.1, -0.05) is 44.5 Å². The Bertz CT molecular complexity index is 445. The summed E-state index contributed by atoms with van der Waals surface area (Å²) in [7, 11) is -1.68. The summed E-state index contributed by atoms with van der Waals surface area (Å²) in [4.78, 5) is 0. The van der Waals surface area contributed by atoms with Crippen LogP contribution in [-0.2, 0) is 10.8 Å². The van der Waals surface area contributed by atoms with Crippen LogP contribution in [0, 0.1) is 6.92 Å². The van der Waals surface area contributed by atoms with Crippen molar-refractivity contribution in [2.75, 3.05) is 6.61 Å². The van der Waals surface area contributed by atoms with Gasteiger partial charge in [-0.2, -0.15) is 0 Å². The van der Waals surface area contributed by atoms with Crippen LogP contribution in [0.5, 0.6) is 0 Å². The smallest absolute Gasteiger partial charge is 0.191 e. The zero-order valence-corrected chi connectivity index (χ0v) is 15.1. The number of benzene rings is 1. The van der Waals surface area contributed by atoms with E-state index >= 15 is 0 Å². The van der Waals surface area contributed by atoms with E-state index in [1.807, 2.05) is 13.0 Å². The molecule has 1 aromatic carbocycles. The minimum absolute atomic E-state index is 0.243. The molecule has 1 unspecified atom stereocenters. The van der Waals surface area contributed by atoms with Crippen molar-refractivity contribution in [1.29, 1.82) is 0 Å².